The zero-order valence-corrected chi connectivity index (χ0v) is 11.7. The average Bonchev–Trinajstić information content (AvgIpc) is 2.86. The number of hydrogen-bond acceptors (Lipinski definition) is 3. The summed E-state index contributed by atoms with van der Waals surface area (Å²) in [6.45, 7) is 2.43. The summed E-state index contributed by atoms with van der Waals surface area (Å²) in [4.78, 5) is 2.60. The van der Waals surface area contributed by atoms with Crippen LogP contribution < -0.4 is 5.32 Å². The Morgan fingerprint density at radius 3 is 3.05 bits per heavy atom. The molecule has 0 spiro atoms. The second-order valence-electron chi connectivity index (χ2n) is 5.50. The standard InChI is InChI=1S/C15H18ClN3/c16-12-4-3-11(10-17)15(8-12)18-13-5-7-19-6-1-2-14(19)9-13/h3-4,8,13-14,18H,1-2,5-7,9H2. The van der Waals surface area contributed by atoms with Crippen LogP contribution in [0.5, 0.6) is 0 Å². The first-order valence-electron chi connectivity index (χ1n) is 6.96. The van der Waals surface area contributed by atoms with Gasteiger partial charge >= 0.3 is 0 Å². The molecule has 0 aliphatic carbocycles. The van der Waals surface area contributed by atoms with Crippen LogP contribution in [0.2, 0.25) is 5.02 Å². The number of nitrogens with zero attached hydrogens (tertiary/aromatic N) is 2. The molecule has 0 aromatic heterocycles. The Morgan fingerprint density at radius 1 is 1.32 bits per heavy atom. The van der Waals surface area contributed by atoms with Gasteiger partial charge in [0.25, 0.3) is 0 Å². The van der Waals surface area contributed by atoms with Crippen molar-refractivity contribution in [3.8, 4) is 6.07 Å². The SMILES string of the molecule is N#Cc1ccc(Cl)cc1NC1CCN2CCCC2C1. The fraction of sp³-hybridized carbons (Fsp3) is 0.533. The Morgan fingerprint density at radius 2 is 2.21 bits per heavy atom. The number of nitrogens with one attached hydrogen (secondary N) is 1. The third kappa shape index (κ3) is 2.70. The average molecular weight is 276 g/mol. The summed E-state index contributed by atoms with van der Waals surface area (Å²) in [6.07, 6.45) is 4.97. The molecule has 0 saturated carbocycles. The summed E-state index contributed by atoms with van der Waals surface area (Å²) in [6, 6.07) is 8.84. The maximum absolute atomic E-state index is 9.15. The van der Waals surface area contributed by atoms with Crippen molar-refractivity contribution in [2.45, 2.75) is 37.8 Å². The van der Waals surface area contributed by atoms with Gasteiger partial charge in [-0.15, -0.1) is 0 Å². The number of hydrogen-bond donors (Lipinski definition) is 1. The maximum atomic E-state index is 9.15. The number of benzene rings is 1. The van der Waals surface area contributed by atoms with Crippen molar-refractivity contribution in [1.82, 2.24) is 4.90 Å². The highest BCUT2D eigenvalue weighted by Gasteiger charge is 2.31. The summed E-state index contributed by atoms with van der Waals surface area (Å²) in [5, 5.41) is 13.3. The van der Waals surface area contributed by atoms with Crippen LogP contribution in [-0.4, -0.2) is 30.1 Å². The molecule has 2 fully saturated rings. The van der Waals surface area contributed by atoms with Gasteiger partial charge in [-0.2, -0.15) is 5.26 Å². The van der Waals surface area contributed by atoms with Crippen LogP contribution in [-0.2, 0) is 0 Å². The van der Waals surface area contributed by atoms with Crippen molar-refractivity contribution in [1.29, 1.82) is 5.26 Å². The van der Waals surface area contributed by atoms with Gasteiger partial charge in [-0.25, -0.2) is 0 Å². The number of fused-ring (bicyclic) bond motifs is 1. The molecule has 2 saturated heterocycles. The van der Waals surface area contributed by atoms with E-state index >= 15 is 0 Å². The zero-order chi connectivity index (χ0) is 13.2. The van der Waals surface area contributed by atoms with Gasteiger partial charge in [0.05, 0.1) is 11.3 Å². The molecule has 100 valence electrons. The molecule has 0 amide bonds. The van der Waals surface area contributed by atoms with Crippen molar-refractivity contribution in [2.75, 3.05) is 18.4 Å². The van der Waals surface area contributed by atoms with E-state index in [2.05, 4.69) is 16.3 Å². The van der Waals surface area contributed by atoms with Gasteiger partial charge in [-0.3, -0.25) is 0 Å². The van der Waals surface area contributed by atoms with E-state index in [-0.39, 0.29) is 0 Å². The minimum atomic E-state index is 0.463. The number of halogens is 1. The summed E-state index contributed by atoms with van der Waals surface area (Å²) in [5.74, 6) is 0. The first-order valence-corrected chi connectivity index (χ1v) is 7.34. The van der Waals surface area contributed by atoms with E-state index in [1.165, 1.54) is 32.4 Å². The topological polar surface area (TPSA) is 39.1 Å². The van der Waals surface area contributed by atoms with Gasteiger partial charge in [0.15, 0.2) is 0 Å². The maximum Gasteiger partial charge on any atom is 0.101 e. The van der Waals surface area contributed by atoms with E-state index in [1.807, 2.05) is 6.07 Å². The lowest BCUT2D eigenvalue weighted by atomic mass is 9.97. The van der Waals surface area contributed by atoms with Crippen molar-refractivity contribution in [3.05, 3.63) is 28.8 Å². The molecule has 0 radical (unpaired) electrons. The molecule has 2 heterocycles. The van der Waals surface area contributed by atoms with E-state index < -0.39 is 0 Å². The summed E-state index contributed by atoms with van der Waals surface area (Å²) < 4.78 is 0. The van der Waals surface area contributed by atoms with E-state index in [9.17, 15) is 0 Å². The highest BCUT2D eigenvalue weighted by molar-refractivity contribution is 6.30. The van der Waals surface area contributed by atoms with E-state index in [4.69, 9.17) is 16.9 Å². The summed E-state index contributed by atoms with van der Waals surface area (Å²) in [7, 11) is 0. The van der Waals surface area contributed by atoms with Gasteiger partial charge in [-0.05, 0) is 50.4 Å². The molecule has 1 aromatic carbocycles. The first kappa shape index (κ1) is 12.8. The monoisotopic (exact) mass is 275 g/mol. The molecule has 19 heavy (non-hydrogen) atoms. The molecule has 2 atom stereocenters. The van der Waals surface area contributed by atoms with Crippen molar-refractivity contribution in [3.63, 3.8) is 0 Å². The normalized spacial score (nSPS) is 26.7. The second-order valence-corrected chi connectivity index (χ2v) is 5.94. The molecule has 2 unspecified atom stereocenters. The van der Waals surface area contributed by atoms with Crippen LogP contribution in [0.4, 0.5) is 5.69 Å². The predicted molar refractivity (Wildman–Crippen MR) is 77.4 cm³/mol. The fourth-order valence-electron chi connectivity index (χ4n) is 3.31. The van der Waals surface area contributed by atoms with Crippen molar-refractivity contribution < 1.29 is 0 Å². The minimum Gasteiger partial charge on any atom is -0.381 e. The predicted octanol–water partition coefficient (Wildman–Crippen LogP) is 3.25. The van der Waals surface area contributed by atoms with E-state index in [1.54, 1.807) is 12.1 Å². The number of nitriles is 1. The van der Waals surface area contributed by atoms with E-state index in [0.29, 0.717) is 16.6 Å². The lowest BCUT2D eigenvalue weighted by Crippen LogP contribution is -2.42. The van der Waals surface area contributed by atoms with Crippen LogP contribution in [0.15, 0.2) is 18.2 Å². The minimum absolute atomic E-state index is 0.463. The van der Waals surface area contributed by atoms with Crippen molar-refractivity contribution in [2.24, 2.45) is 0 Å². The van der Waals surface area contributed by atoms with Gasteiger partial charge in [0, 0.05) is 23.7 Å². The number of anilines is 1. The largest absolute Gasteiger partial charge is 0.381 e. The Balaban J connectivity index is 1.71. The molecule has 2 aliphatic heterocycles. The lowest BCUT2D eigenvalue weighted by molar-refractivity contribution is 0.188. The molecule has 1 aromatic rings. The summed E-state index contributed by atoms with van der Waals surface area (Å²) >= 11 is 6.02. The third-order valence-electron chi connectivity index (χ3n) is 4.28. The molecule has 4 heteroatoms. The number of rotatable bonds is 2. The van der Waals surface area contributed by atoms with E-state index in [0.717, 1.165) is 18.2 Å². The highest BCUT2D eigenvalue weighted by Crippen LogP contribution is 2.30. The third-order valence-corrected chi connectivity index (χ3v) is 4.52. The van der Waals surface area contributed by atoms with Gasteiger partial charge in [-0.1, -0.05) is 11.6 Å². The zero-order valence-electron chi connectivity index (χ0n) is 10.9. The van der Waals surface area contributed by atoms with Crippen LogP contribution >= 0.6 is 11.6 Å². The highest BCUT2D eigenvalue weighted by atomic mass is 35.5. The Hall–Kier alpha value is -1.24. The molecule has 3 nitrogen and oxygen atoms in total. The molecular formula is C15H18ClN3. The molecule has 3 rings (SSSR count). The van der Waals surface area contributed by atoms with Crippen LogP contribution in [0.1, 0.15) is 31.2 Å². The number of piperidine rings is 1. The van der Waals surface area contributed by atoms with Crippen molar-refractivity contribution >= 4 is 17.3 Å². The molecule has 0 bridgehead atoms. The summed E-state index contributed by atoms with van der Waals surface area (Å²) in [5.41, 5.74) is 1.56. The Bertz CT molecular complexity index is 509. The van der Waals surface area contributed by atoms with Crippen LogP contribution in [0.25, 0.3) is 0 Å². The van der Waals surface area contributed by atoms with Gasteiger partial charge in [0.2, 0.25) is 0 Å². The lowest BCUT2D eigenvalue weighted by Gasteiger charge is -2.35. The quantitative estimate of drug-likeness (QED) is 0.900. The Kier molecular flexibility index (Phi) is 3.63. The van der Waals surface area contributed by atoms with Gasteiger partial charge < -0.3 is 10.2 Å². The molecule has 1 N–H and O–H groups in total. The van der Waals surface area contributed by atoms with Crippen LogP contribution in [0, 0.1) is 11.3 Å². The van der Waals surface area contributed by atoms with Crippen LogP contribution in [0.3, 0.4) is 0 Å². The smallest absolute Gasteiger partial charge is 0.101 e. The Labute approximate surface area is 119 Å². The molecular weight excluding hydrogens is 258 g/mol. The fourth-order valence-corrected chi connectivity index (χ4v) is 3.48. The first-order chi connectivity index (χ1) is 9.26. The molecule has 2 aliphatic rings. The van der Waals surface area contributed by atoms with Gasteiger partial charge in [0.1, 0.15) is 6.07 Å². The second kappa shape index (κ2) is 5.40.